The summed E-state index contributed by atoms with van der Waals surface area (Å²) in [7, 11) is 0. The monoisotopic (exact) mass is 313 g/mol. The minimum absolute atomic E-state index is 0.0167. The minimum atomic E-state index is -0.429. The molecule has 0 amide bonds. The maximum absolute atomic E-state index is 10.9. The van der Waals surface area contributed by atoms with Crippen molar-refractivity contribution in [1.29, 1.82) is 0 Å². The highest BCUT2D eigenvalue weighted by Crippen LogP contribution is 2.27. The van der Waals surface area contributed by atoms with Crippen molar-refractivity contribution < 1.29 is 9.66 Å². The number of nitrogens with one attached hydrogen (secondary N) is 1. The Labute approximate surface area is 128 Å². The molecule has 0 heterocycles. The van der Waals surface area contributed by atoms with Crippen LogP contribution in [0.2, 0.25) is 5.02 Å². The van der Waals surface area contributed by atoms with Crippen molar-refractivity contribution >= 4 is 23.0 Å². The Balaban J connectivity index is 1.78. The SMILES string of the molecule is NC1CCC(OCCNc2cc(Cl)ccc2[N+](=O)[O-])CC1. The summed E-state index contributed by atoms with van der Waals surface area (Å²) >= 11 is 5.86. The number of ether oxygens (including phenoxy) is 1. The average molecular weight is 314 g/mol. The van der Waals surface area contributed by atoms with Crippen molar-refractivity contribution in [2.75, 3.05) is 18.5 Å². The van der Waals surface area contributed by atoms with E-state index in [9.17, 15) is 10.1 Å². The van der Waals surface area contributed by atoms with Crippen LogP contribution in [0.15, 0.2) is 18.2 Å². The second kappa shape index (κ2) is 7.59. The molecule has 1 fully saturated rings. The number of nitrogens with two attached hydrogens (primary N) is 1. The molecule has 0 aliphatic heterocycles. The number of hydrogen-bond donors (Lipinski definition) is 2. The molecule has 0 spiro atoms. The Morgan fingerprint density at radius 2 is 2.10 bits per heavy atom. The maximum Gasteiger partial charge on any atom is 0.292 e. The van der Waals surface area contributed by atoms with Crippen molar-refractivity contribution in [3.05, 3.63) is 33.3 Å². The van der Waals surface area contributed by atoms with Crippen molar-refractivity contribution in [3.8, 4) is 0 Å². The van der Waals surface area contributed by atoms with E-state index in [4.69, 9.17) is 22.1 Å². The highest BCUT2D eigenvalue weighted by Gasteiger charge is 2.19. The maximum atomic E-state index is 10.9. The molecule has 0 bridgehead atoms. The van der Waals surface area contributed by atoms with E-state index < -0.39 is 4.92 Å². The van der Waals surface area contributed by atoms with Gasteiger partial charge >= 0.3 is 0 Å². The first-order valence-corrected chi connectivity index (χ1v) is 7.49. The molecular weight excluding hydrogens is 294 g/mol. The van der Waals surface area contributed by atoms with Gasteiger partial charge in [0.2, 0.25) is 0 Å². The Morgan fingerprint density at radius 1 is 1.38 bits per heavy atom. The quantitative estimate of drug-likeness (QED) is 0.478. The van der Waals surface area contributed by atoms with Crippen LogP contribution < -0.4 is 11.1 Å². The smallest absolute Gasteiger partial charge is 0.292 e. The second-order valence-electron chi connectivity index (χ2n) is 5.25. The van der Waals surface area contributed by atoms with Gasteiger partial charge in [0.1, 0.15) is 5.69 Å². The largest absolute Gasteiger partial charge is 0.377 e. The predicted octanol–water partition coefficient (Wildman–Crippen LogP) is 2.95. The van der Waals surface area contributed by atoms with Crippen LogP contribution in [0.4, 0.5) is 11.4 Å². The summed E-state index contributed by atoms with van der Waals surface area (Å²) in [5.74, 6) is 0. The van der Waals surface area contributed by atoms with Gasteiger partial charge < -0.3 is 15.8 Å². The summed E-state index contributed by atoms with van der Waals surface area (Å²) in [6.45, 7) is 1.01. The third-order valence-corrected chi connectivity index (χ3v) is 3.88. The molecule has 0 aromatic heterocycles. The molecule has 6 nitrogen and oxygen atoms in total. The molecule has 1 saturated carbocycles. The lowest BCUT2D eigenvalue weighted by Crippen LogP contribution is -2.31. The van der Waals surface area contributed by atoms with Gasteiger partial charge in [-0.15, -0.1) is 0 Å². The standard InChI is InChI=1S/C14H20ClN3O3/c15-10-1-6-14(18(19)20)13(9-10)17-7-8-21-12-4-2-11(16)3-5-12/h1,6,9,11-12,17H,2-5,7-8,16H2. The van der Waals surface area contributed by atoms with Gasteiger partial charge in [0, 0.05) is 23.7 Å². The van der Waals surface area contributed by atoms with Gasteiger partial charge in [0.05, 0.1) is 17.6 Å². The molecule has 2 rings (SSSR count). The van der Waals surface area contributed by atoms with Crippen LogP contribution in [0.25, 0.3) is 0 Å². The van der Waals surface area contributed by atoms with Crippen LogP contribution in [0, 0.1) is 10.1 Å². The van der Waals surface area contributed by atoms with Gasteiger partial charge in [0.25, 0.3) is 5.69 Å². The molecule has 116 valence electrons. The zero-order chi connectivity index (χ0) is 15.2. The second-order valence-corrected chi connectivity index (χ2v) is 5.69. The summed E-state index contributed by atoms with van der Waals surface area (Å²) in [5, 5.41) is 14.4. The third-order valence-electron chi connectivity index (χ3n) is 3.65. The third kappa shape index (κ3) is 4.84. The number of benzene rings is 1. The summed E-state index contributed by atoms with van der Waals surface area (Å²) in [4.78, 5) is 10.5. The van der Waals surface area contributed by atoms with Gasteiger partial charge in [-0.25, -0.2) is 0 Å². The van der Waals surface area contributed by atoms with Gasteiger partial charge in [-0.2, -0.15) is 0 Å². The van der Waals surface area contributed by atoms with Crippen molar-refractivity contribution in [3.63, 3.8) is 0 Å². The average Bonchev–Trinajstić information content (AvgIpc) is 2.45. The van der Waals surface area contributed by atoms with Crippen molar-refractivity contribution in [2.24, 2.45) is 5.73 Å². The Morgan fingerprint density at radius 3 is 2.76 bits per heavy atom. The fraction of sp³-hybridized carbons (Fsp3) is 0.571. The highest BCUT2D eigenvalue weighted by molar-refractivity contribution is 6.31. The van der Waals surface area contributed by atoms with E-state index in [1.807, 2.05) is 0 Å². The number of nitrogens with zero attached hydrogens (tertiary/aromatic N) is 1. The van der Waals surface area contributed by atoms with Gasteiger partial charge in [0.15, 0.2) is 0 Å². The Bertz CT molecular complexity index is 490. The van der Waals surface area contributed by atoms with E-state index in [1.54, 1.807) is 6.07 Å². The van der Waals surface area contributed by atoms with Crippen LogP contribution in [-0.4, -0.2) is 30.2 Å². The van der Waals surface area contributed by atoms with Crippen LogP contribution in [-0.2, 0) is 4.74 Å². The van der Waals surface area contributed by atoms with E-state index >= 15 is 0 Å². The van der Waals surface area contributed by atoms with E-state index in [0.717, 1.165) is 25.7 Å². The van der Waals surface area contributed by atoms with E-state index in [2.05, 4.69) is 5.32 Å². The molecule has 1 aliphatic carbocycles. The number of rotatable bonds is 6. The number of nitro groups is 1. The molecule has 1 aromatic carbocycles. The normalized spacial score (nSPS) is 22.0. The van der Waals surface area contributed by atoms with Crippen molar-refractivity contribution in [2.45, 2.75) is 37.8 Å². The molecule has 0 unspecified atom stereocenters. The van der Waals surface area contributed by atoms with Gasteiger partial charge in [-0.1, -0.05) is 11.6 Å². The molecule has 1 aromatic rings. The van der Waals surface area contributed by atoms with Crippen molar-refractivity contribution in [1.82, 2.24) is 0 Å². The molecule has 0 saturated heterocycles. The number of halogens is 1. The zero-order valence-corrected chi connectivity index (χ0v) is 12.5. The fourth-order valence-corrected chi connectivity index (χ4v) is 2.65. The molecule has 1 aliphatic rings. The van der Waals surface area contributed by atoms with Crippen LogP contribution >= 0.6 is 11.6 Å². The lowest BCUT2D eigenvalue weighted by atomic mass is 9.94. The lowest BCUT2D eigenvalue weighted by Gasteiger charge is -2.26. The zero-order valence-electron chi connectivity index (χ0n) is 11.8. The number of anilines is 1. The van der Waals surface area contributed by atoms with Crippen LogP contribution in [0.1, 0.15) is 25.7 Å². The first-order chi connectivity index (χ1) is 10.1. The summed E-state index contributed by atoms with van der Waals surface area (Å²) in [5.41, 5.74) is 6.28. The molecule has 0 radical (unpaired) electrons. The Kier molecular flexibility index (Phi) is 5.78. The summed E-state index contributed by atoms with van der Waals surface area (Å²) in [6, 6.07) is 4.76. The van der Waals surface area contributed by atoms with E-state index in [0.29, 0.717) is 29.9 Å². The number of nitro benzene ring substituents is 1. The molecule has 7 heteroatoms. The first kappa shape index (κ1) is 16.0. The van der Waals surface area contributed by atoms with E-state index in [-0.39, 0.29) is 11.8 Å². The molecular formula is C14H20ClN3O3. The predicted molar refractivity (Wildman–Crippen MR) is 82.8 cm³/mol. The van der Waals surface area contributed by atoms with Crippen LogP contribution in [0.3, 0.4) is 0 Å². The van der Waals surface area contributed by atoms with Gasteiger partial charge in [-0.3, -0.25) is 10.1 Å². The topological polar surface area (TPSA) is 90.4 Å². The lowest BCUT2D eigenvalue weighted by molar-refractivity contribution is -0.384. The summed E-state index contributed by atoms with van der Waals surface area (Å²) in [6.07, 6.45) is 4.22. The molecule has 21 heavy (non-hydrogen) atoms. The summed E-state index contributed by atoms with van der Waals surface area (Å²) < 4.78 is 5.76. The van der Waals surface area contributed by atoms with Gasteiger partial charge in [-0.05, 0) is 37.8 Å². The molecule has 3 N–H and O–H groups in total. The molecule has 0 atom stereocenters. The number of hydrogen-bond acceptors (Lipinski definition) is 5. The Hall–Kier alpha value is -1.37. The highest BCUT2D eigenvalue weighted by atomic mass is 35.5. The van der Waals surface area contributed by atoms with Crippen LogP contribution in [0.5, 0.6) is 0 Å². The first-order valence-electron chi connectivity index (χ1n) is 7.11. The fourth-order valence-electron chi connectivity index (χ4n) is 2.48. The van der Waals surface area contributed by atoms with E-state index in [1.165, 1.54) is 12.1 Å². The minimum Gasteiger partial charge on any atom is -0.377 e.